The molecular weight excluding hydrogens is 256 g/mol. The van der Waals surface area contributed by atoms with Crippen LogP contribution in [0, 0.1) is 0 Å². The highest BCUT2D eigenvalue weighted by atomic mass is 32.2. The molecule has 0 spiro atoms. The van der Waals surface area contributed by atoms with Gasteiger partial charge in [0.2, 0.25) is 0 Å². The Morgan fingerprint density at radius 3 is 2.67 bits per heavy atom. The van der Waals surface area contributed by atoms with Gasteiger partial charge in [0.25, 0.3) is 0 Å². The highest BCUT2D eigenvalue weighted by Gasteiger charge is 2.46. The maximum absolute atomic E-state index is 12.0. The van der Waals surface area contributed by atoms with Crippen molar-refractivity contribution in [2.24, 2.45) is 0 Å². The summed E-state index contributed by atoms with van der Waals surface area (Å²) in [5.41, 5.74) is -1.13. The topological polar surface area (TPSA) is 86.7 Å². The Balaban J connectivity index is 2.66. The van der Waals surface area contributed by atoms with Crippen LogP contribution in [-0.2, 0) is 15.6 Å². The normalized spacial score (nSPS) is 26.7. The fraction of sp³-hybridized carbons (Fsp3) is 0.818. The lowest BCUT2D eigenvalue weighted by Crippen LogP contribution is -2.55. The number of hydrogen-bond acceptors (Lipinski definition) is 3. The van der Waals surface area contributed by atoms with Crippen molar-refractivity contribution >= 4 is 22.8 Å². The molecule has 1 fully saturated rings. The molecule has 7 heteroatoms. The first-order chi connectivity index (χ1) is 8.27. The molecule has 0 bridgehead atoms. The zero-order chi connectivity index (χ0) is 13.9. The SMILES string of the molecule is CC(CS(C)=O)NC(=O)N1CCCC1(C)C(=O)O. The third-order valence-electron chi connectivity index (χ3n) is 3.20. The molecule has 0 aromatic heterocycles. The molecular formula is C11H20N2O4S. The third-order valence-corrected chi connectivity index (χ3v) is 4.17. The van der Waals surface area contributed by atoms with E-state index in [4.69, 9.17) is 0 Å². The van der Waals surface area contributed by atoms with Crippen LogP contribution in [0.25, 0.3) is 0 Å². The van der Waals surface area contributed by atoms with Gasteiger partial charge in [-0.05, 0) is 26.7 Å². The molecule has 3 unspecified atom stereocenters. The highest BCUT2D eigenvalue weighted by molar-refractivity contribution is 7.84. The summed E-state index contributed by atoms with van der Waals surface area (Å²) in [5.74, 6) is -0.620. The number of aliphatic carboxylic acids is 1. The monoisotopic (exact) mass is 276 g/mol. The van der Waals surface area contributed by atoms with E-state index >= 15 is 0 Å². The van der Waals surface area contributed by atoms with Crippen LogP contribution in [0.5, 0.6) is 0 Å². The first-order valence-corrected chi connectivity index (χ1v) is 7.61. The smallest absolute Gasteiger partial charge is 0.329 e. The van der Waals surface area contributed by atoms with Crippen LogP contribution in [0.2, 0.25) is 0 Å². The molecule has 1 saturated heterocycles. The zero-order valence-corrected chi connectivity index (χ0v) is 11.7. The number of carbonyl (C=O) groups excluding carboxylic acids is 1. The van der Waals surface area contributed by atoms with Crippen LogP contribution in [0.1, 0.15) is 26.7 Å². The van der Waals surface area contributed by atoms with E-state index in [9.17, 15) is 18.9 Å². The molecule has 6 nitrogen and oxygen atoms in total. The third kappa shape index (κ3) is 3.22. The van der Waals surface area contributed by atoms with Crippen molar-refractivity contribution in [3.8, 4) is 0 Å². The van der Waals surface area contributed by atoms with E-state index in [1.54, 1.807) is 20.1 Å². The number of nitrogens with one attached hydrogen (secondary N) is 1. The number of amides is 2. The number of carbonyl (C=O) groups is 2. The molecule has 18 heavy (non-hydrogen) atoms. The van der Waals surface area contributed by atoms with Crippen molar-refractivity contribution in [2.45, 2.75) is 38.3 Å². The summed E-state index contributed by atoms with van der Waals surface area (Å²) in [6.45, 7) is 3.76. The second-order valence-electron chi connectivity index (χ2n) is 4.92. The Morgan fingerprint density at radius 1 is 1.56 bits per heavy atom. The van der Waals surface area contributed by atoms with Crippen molar-refractivity contribution in [2.75, 3.05) is 18.6 Å². The fourth-order valence-corrected chi connectivity index (χ4v) is 2.98. The number of carboxylic acid groups (broad SMARTS) is 1. The quantitative estimate of drug-likeness (QED) is 0.778. The molecule has 1 heterocycles. The average molecular weight is 276 g/mol. The van der Waals surface area contributed by atoms with Crippen LogP contribution < -0.4 is 5.32 Å². The molecule has 0 saturated carbocycles. The van der Waals surface area contributed by atoms with Crippen LogP contribution in [-0.4, -0.2) is 56.3 Å². The number of nitrogens with zero attached hydrogens (tertiary/aromatic N) is 1. The van der Waals surface area contributed by atoms with Crippen molar-refractivity contribution in [1.29, 1.82) is 0 Å². The van der Waals surface area contributed by atoms with E-state index in [1.165, 1.54) is 4.90 Å². The first kappa shape index (κ1) is 14.9. The average Bonchev–Trinajstić information content (AvgIpc) is 2.60. The number of likely N-dealkylation sites (tertiary alicyclic amines) is 1. The van der Waals surface area contributed by atoms with Gasteiger partial charge < -0.3 is 15.3 Å². The molecule has 104 valence electrons. The Morgan fingerprint density at radius 2 is 2.17 bits per heavy atom. The first-order valence-electron chi connectivity index (χ1n) is 5.89. The van der Waals surface area contributed by atoms with E-state index < -0.39 is 28.3 Å². The second-order valence-corrected chi connectivity index (χ2v) is 6.40. The molecule has 1 aliphatic rings. The van der Waals surface area contributed by atoms with Crippen LogP contribution in [0.15, 0.2) is 0 Å². The summed E-state index contributed by atoms with van der Waals surface area (Å²) in [7, 11) is -0.991. The molecule has 0 aromatic carbocycles. The van der Waals surface area contributed by atoms with Gasteiger partial charge in [-0.1, -0.05) is 0 Å². The molecule has 0 aliphatic carbocycles. The number of rotatable bonds is 4. The van der Waals surface area contributed by atoms with Crippen LogP contribution in [0.4, 0.5) is 4.79 Å². The lowest BCUT2D eigenvalue weighted by Gasteiger charge is -2.32. The van der Waals surface area contributed by atoms with Gasteiger partial charge >= 0.3 is 12.0 Å². The maximum Gasteiger partial charge on any atom is 0.329 e. The fourth-order valence-electron chi connectivity index (χ4n) is 2.19. The number of urea groups is 1. The number of carboxylic acids is 1. The van der Waals surface area contributed by atoms with E-state index in [0.717, 1.165) is 0 Å². The summed E-state index contributed by atoms with van der Waals surface area (Å²) in [6.07, 6.45) is 2.72. The largest absolute Gasteiger partial charge is 0.480 e. The minimum atomic E-state index is -1.13. The summed E-state index contributed by atoms with van der Waals surface area (Å²) in [4.78, 5) is 24.6. The standard InChI is InChI=1S/C11H20N2O4S/c1-8(7-18(3)17)12-10(16)13-6-4-5-11(13,2)9(14)15/h8H,4-7H2,1-3H3,(H,12,16)(H,14,15). The van der Waals surface area contributed by atoms with Gasteiger partial charge in [0, 0.05) is 35.4 Å². The van der Waals surface area contributed by atoms with E-state index in [2.05, 4.69) is 5.32 Å². The van der Waals surface area contributed by atoms with Gasteiger partial charge in [-0.15, -0.1) is 0 Å². The Kier molecular flexibility index (Phi) is 4.72. The molecule has 3 atom stereocenters. The molecule has 0 aromatic rings. The second kappa shape index (κ2) is 5.69. The van der Waals surface area contributed by atoms with Crippen molar-refractivity contribution < 1.29 is 18.9 Å². The van der Waals surface area contributed by atoms with Gasteiger partial charge in [0.05, 0.1) is 0 Å². The number of hydrogen-bond donors (Lipinski definition) is 2. The van der Waals surface area contributed by atoms with E-state index in [0.29, 0.717) is 25.1 Å². The molecule has 1 rings (SSSR count). The van der Waals surface area contributed by atoms with Crippen molar-refractivity contribution in [3.63, 3.8) is 0 Å². The van der Waals surface area contributed by atoms with Gasteiger partial charge in [-0.2, -0.15) is 0 Å². The van der Waals surface area contributed by atoms with Crippen molar-refractivity contribution in [1.82, 2.24) is 10.2 Å². The molecule has 2 N–H and O–H groups in total. The Bertz CT molecular complexity index is 374. The molecule has 0 radical (unpaired) electrons. The predicted octanol–water partition coefficient (Wildman–Crippen LogP) is 0.402. The molecule has 2 amide bonds. The Hall–Kier alpha value is -1.11. The van der Waals surface area contributed by atoms with Crippen LogP contribution in [0.3, 0.4) is 0 Å². The highest BCUT2D eigenvalue weighted by Crippen LogP contribution is 2.29. The summed E-state index contributed by atoms with van der Waals surface area (Å²) >= 11 is 0. The lowest BCUT2D eigenvalue weighted by atomic mass is 10.00. The predicted molar refractivity (Wildman–Crippen MR) is 68.9 cm³/mol. The van der Waals surface area contributed by atoms with E-state index in [1.807, 2.05) is 0 Å². The van der Waals surface area contributed by atoms with E-state index in [-0.39, 0.29) is 6.04 Å². The Labute approximate surface area is 109 Å². The van der Waals surface area contributed by atoms with Gasteiger partial charge in [0.1, 0.15) is 5.54 Å². The van der Waals surface area contributed by atoms with Crippen LogP contribution >= 0.6 is 0 Å². The minimum Gasteiger partial charge on any atom is -0.480 e. The summed E-state index contributed by atoms with van der Waals surface area (Å²) in [5, 5.41) is 11.9. The van der Waals surface area contributed by atoms with Crippen molar-refractivity contribution in [3.05, 3.63) is 0 Å². The van der Waals surface area contributed by atoms with Gasteiger partial charge in [-0.3, -0.25) is 4.21 Å². The maximum atomic E-state index is 12.0. The zero-order valence-electron chi connectivity index (χ0n) is 10.9. The summed E-state index contributed by atoms with van der Waals surface area (Å²) < 4.78 is 11.0. The summed E-state index contributed by atoms with van der Waals surface area (Å²) in [6, 6.07) is -0.627. The van der Waals surface area contributed by atoms with Gasteiger partial charge in [0.15, 0.2) is 0 Å². The molecule has 1 aliphatic heterocycles. The lowest BCUT2D eigenvalue weighted by molar-refractivity contribution is -0.147. The minimum absolute atomic E-state index is 0.234. The van der Waals surface area contributed by atoms with Gasteiger partial charge in [-0.25, -0.2) is 9.59 Å².